The van der Waals surface area contributed by atoms with Crippen LogP contribution in [0.3, 0.4) is 0 Å². The van der Waals surface area contributed by atoms with Crippen molar-refractivity contribution in [1.82, 2.24) is 9.80 Å². The van der Waals surface area contributed by atoms with Gasteiger partial charge in [0.2, 0.25) is 11.8 Å². The molecule has 2 amide bonds. The molecule has 1 aromatic carbocycles. The number of furan rings is 1. The number of nitrogens with zero attached hydrogens (tertiary/aromatic N) is 2. The van der Waals surface area contributed by atoms with Gasteiger partial charge in [-0.1, -0.05) is 24.3 Å². The van der Waals surface area contributed by atoms with E-state index in [4.69, 9.17) is 9.52 Å². The van der Waals surface area contributed by atoms with Crippen LogP contribution < -0.4 is 0 Å². The van der Waals surface area contributed by atoms with Gasteiger partial charge in [-0.15, -0.1) is 0 Å². The molecule has 146 valence electrons. The van der Waals surface area contributed by atoms with E-state index < -0.39 is 5.97 Å². The highest BCUT2D eigenvalue weighted by Crippen LogP contribution is 2.33. The van der Waals surface area contributed by atoms with Crippen LogP contribution in [0.4, 0.5) is 0 Å². The van der Waals surface area contributed by atoms with Gasteiger partial charge in [0.15, 0.2) is 0 Å². The Hall–Kier alpha value is -3.35. The van der Waals surface area contributed by atoms with Crippen molar-refractivity contribution in [3.8, 4) is 0 Å². The summed E-state index contributed by atoms with van der Waals surface area (Å²) in [7, 11) is 1.63. The zero-order chi connectivity index (χ0) is 20.4. The number of rotatable bonds is 5. The van der Waals surface area contributed by atoms with E-state index in [2.05, 4.69) is 0 Å². The Bertz CT molecular complexity index is 959. The molecular weight excluding hydrogens is 360 g/mol. The van der Waals surface area contributed by atoms with Crippen molar-refractivity contribution in [2.24, 2.45) is 0 Å². The Morgan fingerprint density at radius 3 is 2.61 bits per heavy atom. The maximum absolute atomic E-state index is 12.8. The van der Waals surface area contributed by atoms with Crippen molar-refractivity contribution in [2.45, 2.75) is 32.9 Å². The molecule has 2 aromatic rings. The molecule has 0 fully saturated rings. The van der Waals surface area contributed by atoms with Gasteiger partial charge in [-0.25, -0.2) is 4.79 Å². The predicted molar refractivity (Wildman–Crippen MR) is 102 cm³/mol. The SMILES string of the molecule is CC(=O)N1C=Cc2ccccc2C1CC(=O)N(C)Cc1cc(C(=O)O)c(C)o1. The number of carbonyl (C=O) groups excluding carboxylic acids is 2. The van der Waals surface area contributed by atoms with Gasteiger partial charge in [-0.3, -0.25) is 9.59 Å². The molecule has 1 aliphatic rings. The molecule has 0 aliphatic carbocycles. The minimum atomic E-state index is -1.07. The molecular formula is C21H22N2O5. The van der Waals surface area contributed by atoms with Gasteiger partial charge in [0.25, 0.3) is 0 Å². The van der Waals surface area contributed by atoms with Crippen LogP contribution in [-0.4, -0.2) is 39.7 Å². The van der Waals surface area contributed by atoms with E-state index in [9.17, 15) is 14.4 Å². The van der Waals surface area contributed by atoms with E-state index in [0.717, 1.165) is 11.1 Å². The third kappa shape index (κ3) is 3.83. The molecule has 1 aliphatic heterocycles. The van der Waals surface area contributed by atoms with E-state index in [1.807, 2.05) is 30.3 Å². The number of hydrogen-bond acceptors (Lipinski definition) is 4. The van der Waals surface area contributed by atoms with Gasteiger partial charge in [0.05, 0.1) is 19.0 Å². The number of fused-ring (bicyclic) bond motifs is 1. The maximum Gasteiger partial charge on any atom is 0.339 e. The molecule has 0 saturated carbocycles. The lowest BCUT2D eigenvalue weighted by Gasteiger charge is -2.33. The number of aryl methyl sites for hydroxylation is 1. The summed E-state index contributed by atoms with van der Waals surface area (Å²) < 4.78 is 5.45. The third-order valence-electron chi connectivity index (χ3n) is 4.86. The molecule has 1 N–H and O–H groups in total. The highest BCUT2D eigenvalue weighted by molar-refractivity contribution is 5.88. The largest absolute Gasteiger partial charge is 0.478 e. The summed E-state index contributed by atoms with van der Waals surface area (Å²) >= 11 is 0. The molecule has 3 rings (SSSR count). The highest BCUT2D eigenvalue weighted by atomic mass is 16.4. The fraction of sp³-hybridized carbons (Fsp3) is 0.286. The minimum absolute atomic E-state index is 0.0879. The highest BCUT2D eigenvalue weighted by Gasteiger charge is 2.29. The summed E-state index contributed by atoms with van der Waals surface area (Å²) in [6.45, 7) is 3.19. The molecule has 0 radical (unpaired) electrons. The van der Waals surface area contributed by atoms with Gasteiger partial charge in [-0.05, 0) is 30.2 Å². The summed E-state index contributed by atoms with van der Waals surface area (Å²) in [6.07, 6.45) is 3.68. The Labute approximate surface area is 162 Å². The average Bonchev–Trinajstić information content (AvgIpc) is 3.02. The third-order valence-corrected chi connectivity index (χ3v) is 4.86. The van der Waals surface area contributed by atoms with Gasteiger partial charge in [0, 0.05) is 20.2 Å². The fourth-order valence-corrected chi connectivity index (χ4v) is 3.39. The molecule has 1 unspecified atom stereocenters. The summed E-state index contributed by atoms with van der Waals surface area (Å²) in [4.78, 5) is 39.1. The van der Waals surface area contributed by atoms with Crippen LogP contribution >= 0.6 is 0 Å². The number of benzene rings is 1. The summed E-state index contributed by atoms with van der Waals surface area (Å²) in [5.74, 6) is -0.675. The van der Waals surface area contributed by atoms with Crippen molar-refractivity contribution in [3.05, 3.63) is 64.7 Å². The first-order valence-corrected chi connectivity index (χ1v) is 8.90. The smallest absolute Gasteiger partial charge is 0.339 e. The molecule has 1 atom stereocenters. The number of carbonyl (C=O) groups is 3. The van der Waals surface area contributed by atoms with E-state index in [1.165, 1.54) is 17.9 Å². The quantitative estimate of drug-likeness (QED) is 0.857. The zero-order valence-electron chi connectivity index (χ0n) is 16.0. The van der Waals surface area contributed by atoms with Crippen LogP contribution in [0.25, 0.3) is 6.08 Å². The number of carboxylic acids is 1. The van der Waals surface area contributed by atoms with Crippen LogP contribution in [0.15, 0.2) is 40.9 Å². The van der Waals surface area contributed by atoms with Crippen molar-refractivity contribution < 1.29 is 23.9 Å². The Morgan fingerprint density at radius 2 is 1.96 bits per heavy atom. The molecule has 0 spiro atoms. The Morgan fingerprint density at radius 1 is 1.25 bits per heavy atom. The van der Waals surface area contributed by atoms with Gasteiger partial charge in [0.1, 0.15) is 17.1 Å². The van der Waals surface area contributed by atoms with Crippen molar-refractivity contribution in [3.63, 3.8) is 0 Å². The monoisotopic (exact) mass is 382 g/mol. The van der Waals surface area contributed by atoms with Crippen LogP contribution in [0, 0.1) is 6.92 Å². The molecule has 7 heteroatoms. The van der Waals surface area contributed by atoms with E-state index >= 15 is 0 Å². The zero-order valence-corrected chi connectivity index (χ0v) is 16.0. The second-order valence-electron chi connectivity index (χ2n) is 6.83. The minimum Gasteiger partial charge on any atom is -0.478 e. The van der Waals surface area contributed by atoms with Crippen molar-refractivity contribution >= 4 is 23.9 Å². The lowest BCUT2D eigenvalue weighted by molar-refractivity contribution is -0.134. The number of aromatic carboxylic acids is 1. The van der Waals surface area contributed by atoms with E-state index in [-0.39, 0.29) is 36.4 Å². The van der Waals surface area contributed by atoms with Crippen molar-refractivity contribution in [2.75, 3.05) is 7.05 Å². The molecule has 0 bridgehead atoms. The first-order chi connectivity index (χ1) is 13.3. The number of carboxylic acid groups (broad SMARTS) is 1. The second kappa shape index (κ2) is 7.72. The molecule has 2 heterocycles. The molecule has 0 saturated heterocycles. The van der Waals surface area contributed by atoms with Gasteiger partial charge < -0.3 is 19.3 Å². The Balaban J connectivity index is 1.77. The normalized spacial score (nSPS) is 15.2. The maximum atomic E-state index is 12.8. The summed E-state index contributed by atoms with van der Waals surface area (Å²) in [6, 6.07) is 8.71. The average molecular weight is 382 g/mol. The first kappa shape index (κ1) is 19.4. The standard InChI is InChI=1S/C21H22N2O5/c1-13-18(21(26)27)10-16(28-13)12-22(3)20(25)11-19-17-7-5-4-6-15(17)8-9-23(19)14(2)24/h4-10,19H,11-12H2,1-3H3,(H,26,27). The Kier molecular flexibility index (Phi) is 5.35. The second-order valence-corrected chi connectivity index (χ2v) is 6.83. The topological polar surface area (TPSA) is 91.1 Å². The van der Waals surface area contributed by atoms with Gasteiger partial charge >= 0.3 is 5.97 Å². The fourth-order valence-electron chi connectivity index (χ4n) is 3.39. The van der Waals surface area contributed by atoms with Crippen LogP contribution in [-0.2, 0) is 16.1 Å². The molecule has 28 heavy (non-hydrogen) atoms. The number of amides is 2. The van der Waals surface area contributed by atoms with Crippen LogP contribution in [0.5, 0.6) is 0 Å². The van der Waals surface area contributed by atoms with Gasteiger partial charge in [-0.2, -0.15) is 0 Å². The molecule has 7 nitrogen and oxygen atoms in total. The lowest BCUT2D eigenvalue weighted by atomic mass is 9.93. The van der Waals surface area contributed by atoms with E-state index in [0.29, 0.717) is 11.5 Å². The first-order valence-electron chi connectivity index (χ1n) is 8.90. The van der Waals surface area contributed by atoms with Crippen LogP contribution in [0.2, 0.25) is 0 Å². The van der Waals surface area contributed by atoms with Crippen LogP contribution in [0.1, 0.15) is 52.4 Å². The summed E-state index contributed by atoms with van der Waals surface area (Å²) in [5.41, 5.74) is 1.99. The lowest BCUT2D eigenvalue weighted by Crippen LogP contribution is -2.35. The predicted octanol–water partition coefficient (Wildman–Crippen LogP) is 3.21. The van der Waals surface area contributed by atoms with Crippen molar-refractivity contribution in [1.29, 1.82) is 0 Å². The van der Waals surface area contributed by atoms with E-state index in [1.54, 1.807) is 25.1 Å². The molecule has 1 aromatic heterocycles. The summed E-state index contributed by atoms with van der Waals surface area (Å²) in [5, 5.41) is 9.13. The number of hydrogen-bond donors (Lipinski definition) is 1.